The molecule has 0 fully saturated rings. The number of nitrogens with zero attached hydrogens (tertiary/aromatic N) is 1. The Hall–Kier alpha value is -2.86. The Morgan fingerprint density at radius 1 is 1.15 bits per heavy atom. The maximum absolute atomic E-state index is 11.3. The number of hydrogen-bond donors (Lipinski definition) is 4. The zero-order valence-electron chi connectivity index (χ0n) is 15.2. The lowest BCUT2D eigenvalue weighted by Crippen LogP contribution is -2.44. The van der Waals surface area contributed by atoms with Gasteiger partial charge in [-0.15, -0.1) is 0 Å². The maximum Gasteiger partial charge on any atom is 0.248 e. The molecule has 0 aromatic heterocycles. The highest BCUT2D eigenvalue weighted by molar-refractivity contribution is 5.92. The van der Waals surface area contributed by atoms with Crippen molar-refractivity contribution in [3.8, 4) is 0 Å². The fourth-order valence-electron chi connectivity index (χ4n) is 2.49. The molecule has 6 heteroatoms. The van der Waals surface area contributed by atoms with Crippen molar-refractivity contribution in [2.75, 3.05) is 13.1 Å². The van der Waals surface area contributed by atoms with Crippen molar-refractivity contribution >= 4 is 11.9 Å². The molecular weight excluding hydrogens is 328 g/mol. The van der Waals surface area contributed by atoms with E-state index in [0.717, 1.165) is 11.1 Å². The molecule has 0 bridgehead atoms. The molecule has 0 saturated heterocycles. The number of amides is 1. The zero-order valence-corrected chi connectivity index (χ0v) is 15.2. The highest BCUT2D eigenvalue weighted by Crippen LogP contribution is 2.18. The van der Waals surface area contributed by atoms with Gasteiger partial charge in [-0.05, 0) is 37.1 Å². The average Bonchev–Trinajstić information content (AvgIpc) is 2.65. The van der Waals surface area contributed by atoms with Gasteiger partial charge in [-0.25, -0.2) is 4.99 Å². The van der Waals surface area contributed by atoms with Gasteiger partial charge in [0.1, 0.15) is 5.60 Å². The van der Waals surface area contributed by atoms with Crippen LogP contribution in [0.4, 0.5) is 0 Å². The van der Waals surface area contributed by atoms with E-state index in [4.69, 9.17) is 5.73 Å². The Bertz CT molecular complexity index is 757. The predicted octanol–water partition coefficient (Wildman–Crippen LogP) is 1.75. The lowest BCUT2D eigenvalue weighted by molar-refractivity contribution is 0.0617. The summed E-state index contributed by atoms with van der Waals surface area (Å²) in [6, 6.07) is 16.6. The SMILES string of the molecule is CCNC(=NCc1cccc(C(N)=O)c1)NCC(C)(O)c1ccccc1. The summed E-state index contributed by atoms with van der Waals surface area (Å²) in [6.45, 7) is 5.13. The molecule has 6 nitrogen and oxygen atoms in total. The molecule has 2 rings (SSSR count). The first-order valence-corrected chi connectivity index (χ1v) is 8.61. The average molecular weight is 354 g/mol. The van der Waals surface area contributed by atoms with Crippen molar-refractivity contribution in [2.45, 2.75) is 26.0 Å². The second kappa shape index (κ2) is 9.01. The fraction of sp³-hybridized carbons (Fsp3) is 0.300. The molecule has 0 saturated carbocycles. The smallest absolute Gasteiger partial charge is 0.248 e. The van der Waals surface area contributed by atoms with Crippen molar-refractivity contribution in [1.82, 2.24) is 10.6 Å². The van der Waals surface area contributed by atoms with Crippen molar-refractivity contribution < 1.29 is 9.90 Å². The largest absolute Gasteiger partial charge is 0.384 e. The van der Waals surface area contributed by atoms with Gasteiger partial charge in [-0.3, -0.25) is 4.79 Å². The summed E-state index contributed by atoms with van der Waals surface area (Å²) in [5.41, 5.74) is 6.46. The van der Waals surface area contributed by atoms with Crippen molar-refractivity contribution in [3.63, 3.8) is 0 Å². The number of rotatable bonds is 7. The van der Waals surface area contributed by atoms with Crippen LogP contribution in [0.25, 0.3) is 0 Å². The number of nitrogens with two attached hydrogens (primary N) is 1. The Kier molecular flexibility index (Phi) is 6.74. The maximum atomic E-state index is 11.3. The second-order valence-corrected chi connectivity index (χ2v) is 6.25. The summed E-state index contributed by atoms with van der Waals surface area (Å²) in [7, 11) is 0. The number of nitrogens with one attached hydrogen (secondary N) is 2. The summed E-state index contributed by atoms with van der Waals surface area (Å²) in [4.78, 5) is 15.8. The van der Waals surface area contributed by atoms with Crippen LogP contribution in [0.1, 0.15) is 35.3 Å². The summed E-state index contributed by atoms with van der Waals surface area (Å²) < 4.78 is 0. The summed E-state index contributed by atoms with van der Waals surface area (Å²) >= 11 is 0. The topological polar surface area (TPSA) is 99.7 Å². The highest BCUT2D eigenvalue weighted by atomic mass is 16.3. The van der Waals surface area contributed by atoms with Crippen LogP contribution in [-0.2, 0) is 12.1 Å². The number of carbonyl (C=O) groups excluding carboxylic acids is 1. The van der Waals surface area contributed by atoms with Crippen LogP contribution in [0.5, 0.6) is 0 Å². The van der Waals surface area contributed by atoms with Gasteiger partial charge in [0.25, 0.3) is 0 Å². The third-order valence-corrected chi connectivity index (χ3v) is 3.97. The minimum Gasteiger partial charge on any atom is -0.384 e. The first-order valence-electron chi connectivity index (χ1n) is 8.61. The van der Waals surface area contributed by atoms with Gasteiger partial charge >= 0.3 is 0 Å². The van der Waals surface area contributed by atoms with E-state index in [1.54, 1.807) is 25.1 Å². The zero-order chi connectivity index (χ0) is 19.0. The van der Waals surface area contributed by atoms with E-state index in [2.05, 4.69) is 15.6 Å². The number of guanidine groups is 1. The quantitative estimate of drug-likeness (QED) is 0.449. The van der Waals surface area contributed by atoms with E-state index in [0.29, 0.717) is 31.2 Å². The molecule has 0 aliphatic rings. The van der Waals surface area contributed by atoms with E-state index in [1.165, 1.54) is 0 Å². The van der Waals surface area contributed by atoms with Gasteiger partial charge in [-0.1, -0.05) is 42.5 Å². The number of aliphatic hydroxyl groups is 1. The minimum atomic E-state index is -1.02. The van der Waals surface area contributed by atoms with E-state index in [9.17, 15) is 9.90 Å². The van der Waals surface area contributed by atoms with Crippen LogP contribution in [0, 0.1) is 0 Å². The lowest BCUT2D eigenvalue weighted by Gasteiger charge is -2.25. The van der Waals surface area contributed by atoms with Gasteiger partial charge in [-0.2, -0.15) is 0 Å². The summed E-state index contributed by atoms with van der Waals surface area (Å²) in [5.74, 6) is 0.132. The van der Waals surface area contributed by atoms with Crippen LogP contribution in [0.15, 0.2) is 59.6 Å². The van der Waals surface area contributed by atoms with E-state index >= 15 is 0 Å². The van der Waals surface area contributed by atoms with E-state index in [1.807, 2.05) is 43.3 Å². The van der Waals surface area contributed by atoms with E-state index < -0.39 is 11.5 Å². The molecule has 1 amide bonds. The van der Waals surface area contributed by atoms with Crippen molar-refractivity contribution in [3.05, 3.63) is 71.3 Å². The molecule has 1 unspecified atom stereocenters. The molecule has 0 aliphatic carbocycles. The normalized spacial score (nSPS) is 13.7. The predicted molar refractivity (Wildman–Crippen MR) is 104 cm³/mol. The van der Waals surface area contributed by atoms with Crippen LogP contribution in [0.3, 0.4) is 0 Å². The van der Waals surface area contributed by atoms with Gasteiger partial charge in [0, 0.05) is 12.1 Å². The van der Waals surface area contributed by atoms with Gasteiger partial charge in [0.2, 0.25) is 5.91 Å². The third kappa shape index (κ3) is 5.60. The number of primary amides is 1. The van der Waals surface area contributed by atoms with Crippen molar-refractivity contribution in [1.29, 1.82) is 0 Å². The third-order valence-electron chi connectivity index (χ3n) is 3.97. The molecule has 1 atom stereocenters. The first-order chi connectivity index (χ1) is 12.4. The highest BCUT2D eigenvalue weighted by Gasteiger charge is 2.22. The molecule has 138 valence electrons. The lowest BCUT2D eigenvalue weighted by atomic mass is 9.96. The number of hydrogen-bond acceptors (Lipinski definition) is 3. The van der Waals surface area contributed by atoms with Gasteiger partial charge < -0.3 is 21.5 Å². The molecule has 2 aromatic carbocycles. The van der Waals surface area contributed by atoms with Crippen LogP contribution >= 0.6 is 0 Å². The molecular formula is C20H26N4O2. The van der Waals surface area contributed by atoms with Crippen molar-refractivity contribution in [2.24, 2.45) is 10.7 Å². The molecule has 0 radical (unpaired) electrons. The second-order valence-electron chi connectivity index (χ2n) is 6.25. The monoisotopic (exact) mass is 354 g/mol. The number of benzene rings is 2. The molecule has 0 aliphatic heterocycles. The summed E-state index contributed by atoms with van der Waals surface area (Å²) in [5, 5.41) is 17.0. The molecule has 0 spiro atoms. The standard InChI is InChI=1S/C20H26N4O2/c1-3-22-19(23-13-15-8-7-9-16(12-15)18(21)25)24-14-20(2,26)17-10-5-4-6-11-17/h4-12,26H,3,13-14H2,1-2H3,(H2,21,25)(H2,22,23,24). The Labute approximate surface area is 154 Å². The van der Waals surface area contributed by atoms with Crippen LogP contribution < -0.4 is 16.4 Å². The Morgan fingerprint density at radius 2 is 1.88 bits per heavy atom. The van der Waals surface area contributed by atoms with Gasteiger partial charge in [0.15, 0.2) is 5.96 Å². The molecule has 26 heavy (non-hydrogen) atoms. The number of carbonyl (C=O) groups is 1. The Balaban J connectivity index is 2.05. The molecule has 0 heterocycles. The fourth-order valence-corrected chi connectivity index (χ4v) is 2.49. The summed E-state index contributed by atoms with van der Waals surface area (Å²) in [6.07, 6.45) is 0. The first kappa shape index (κ1) is 19.5. The Morgan fingerprint density at radius 3 is 2.54 bits per heavy atom. The molecule has 5 N–H and O–H groups in total. The van der Waals surface area contributed by atoms with Crippen LogP contribution in [0.2, 0.25) is 0 Å². The number of aliphatic imine (C=N–C) groups is 1. The van der Waals surface area contributed by atoms with Crippen LogP contribution in [-0.4, -0.2) is 30.1 Å². The molecule has 2 aromatic rings. The minimum absolute atomic E-state index is 0.310. The van der Waals surface area contributed by atoms with Gasteiger partial charge in [0.05, 0.1) is 13.1 Å². The van der Waals surface area contributed by atoms with E-state index in [-0.39, 0.29) is 0 Å².